The molecule has 0 amide bonds. The van der Waals surface area contributed by atoms with Crippen molar-refractivity contribution in [1.29, 1.82) is 0 Å². The quantitative estimate of drug-likeness (QED) is 0.799. The van der Waals surface area contributed by atoms with Crippen LogP contribution >= 0.6 is 0 Å². The first kappa shape index (κ1) is 16.0. The van der Waals surface area contributed by atoms with Gasteiger partial charge >= 0.3 is 0 Å². The first-order chi connectivity index (χ1) is 10.5. The molecule has 0 bridgehead atoms. The second-order valence-electron chi connectivity index (χ2n) is 5.17. The van der Waals surface area contributed by atoms with Crippen molar-refractivity contribution in [3.05, 3.63) is 59.7 Å². The fourth-order valence-corrected chi connectivity index (χ4v) is 1.87. The minimum Gasteiger partial charge on any atom is -0.491 e. The monoisotopic (exact) mass is 300 g/mol. The number of rotatable bonds is 7. The van der Waals surface area contributed by atoms with E-state index in [1.54, 1.807) is 24.3 Å². The predicted molar refractivity (Wildman–Crippen MR) is 84.6 cm³/mol. The number of hydrogen-bond acceptors (Lipinski definition) is 4. The third-order valence-corrected chi connectivity index (χ3v) is 3.15. The van der Waals surface area contributed by atoms with E-state index in [4.69, 9.17) is 9.47 Å². The highest BCUT2D eigenvalue weighted by Crippen LogP contribution is 2.15. The SMILES string of the molecule is CC(=O)c1cccc(OCC(O)COc2ccc(C)cc2)c1. The van der Waals surface area contributed by atoms with Crippen molar-refractivity contribution in [3.8, 4) is 11.5 Å². The molecule has 2 rings (SSSR count). The third kappa shape index (κ3) is 4.90. The number of carbonyl (C=O) groups excluding carboxylic acids is 1. The van der Waals surface area contributed by atoms with Gasteiger partial charge in [-0.05, 0) is 38.1 Å². The predicted octanol–water partition coefficient (Wildman–Crippen LogP) is 3.02. The van der Waals surface area contributed by atoms with Crippen molar-refractivity contribution < 1.29 is 19.4 Å². The van der Waals surface area contributed by atoms with E-state index in [9.17, 15) is 9.90 Å². The summed E-state index contributed by atoms with van der Waals surface area (Å²) >= 11 is 0. The summed E-state index contributed by atoms with van der Waals surface area (Å²) in [6.45, 7) is 3.76. The van der Waals surface area contributed by atoms with Gasteiger partial charge in [0, 0.05) is 5.56 Å². The van der Waals surface area contributed by atoms with Crippen molar-refractivity contribution in [1.82, 2.24) is 0 Å². The van der Waals surface area contributed by atoms with Gasteiger partial charge in [0.15, 0.2) is 5.78 Å². The first-order valence-corrected chi connectivity index (χ1v) is 7.16. The summed E-state index contributed by atoms with van der Waals surface area (Å²) in [6, 6.07) is 14.5. The molecule has 0 aromatic heterocycles. The molecule has 0 aliphatic rings. The van der Waals surface area contributed by atoms with Crippen LogP contribution < -0.4 is 9.47 Å². The average Bonchev–Trinajstić information content (AvgIpc) is 2.52. The fourth-order valence-electron chi connectivity index (χ4n) is 1.87. The second kappa shape index (κ2) is 7.61. The largest absolute Gasteiger partial charge is 0.491 e. The summed E-state index contributed by atoms with van der Waals surface area (Å²) < 4.78 is 11.0. The van der Waals surface area contributed by atoms with Crippen molar-refractivity contribution in [2.75, 3.05) is 13.2 Å². The normalized spacial score (nSPS) is 11.8. The van der Waals surface area contributed by atoms with E-state index in [0.717, 1.165) is 5.56 Å². The van der Waals surface area contributed by atoms with Gasteiger partial charge in [0.25, 0.3) is 0 Å². The topological polar surface area (TPSA) is 55.8 Å². The lowest BCUT2D eigenvalue weighted by Gasteiger charge is -2.14. The van der Waals surface area contributed by atoms with Gasteiger partial charge in [0.05, 0.1) is 0 Å². The number of aryl methyl sites for hydroxylation is 1. The van der Waals surface area contributed by atoms with Crippen LogP contribution in [0.25, 0.3) is 0 Å². The number of benzene rings is 2. The molecule has 0 aliphatic heterocycles. The Morgan fingerprint density at radius 1 is 1.05 bits per heavy atom. The molecule has 0 spiro atoms. The Labute approximate surface area is 130 Å². The van der Waals surface area contributed by atoms with Gasteiger partial charge in [0.2, 0.25) is 0 Å². The Kier molecular flexibility index (Phi) is 5.55. The molecular weight excluding hydrogens is 280 g/mol. The van der Waals surface area contributed by atoms with Crippen molar-refractivity contribution >= 4 is 5.78 Å². The van der Waals surface area contributed by atoms with Crippen LogP contribution in [0, 0.1) is 6.92 Å². The highest BCUT2D eigenvalue weighted by atomic mass is 16.5. The summed E-state index contributed by atoms with van der Waals surface area (Å²) in [4.78, 5) is 11.3. The summed E-state index contributed by atoms with van der Waals surface area (Å²) in [6.07, 6.45) is -0.748. The van der Waals surface area contributed by atoms with Crippen molar-refractivity contribution in [2.24, 2.45) is 0 Å². The first-order valence-electron chi connectivity index (χ1n) is 7.16. The van der Waals surface area contributed by atoms with E-state index in [1.165, 1.54) is 6.92 Å². The van der Waals surface area contributed by atoms with Crippen LogP contribution in [0.3, 0.4) is 0 Å². The van der Waals surface area contributed by atoms with Crippen LogP contribution in [0.1, 0.15) is 22.8 Å². The zero-order chi connectivity index (χ0) is 15.9. The van der Waals surface area contributed by atoms with E-state index in [2.05, 4.69) is 0 Å². The Morgan fingerprint density at radius 2 is 1.68 bits per heavy atom. The van der Waals surface area contributed by atoms with Crippen LogP contribution in [0.2, 0.25) is 0 Å². The molecule has 4 nitrogen and oxygen atoms in total. The standard InChI is InChI=1S/C18H20O4/c1-13-6-8-17(9-7-13)21-11-16(20)12-22-18-5-3-4-15(10-18)14(2)19/h3-10,16,20H,11-12H2,1-2H3. The molecule has 4 heteroatoms. The van der Waals surface area contributed by atoms with Crippen LogP contribution in [-0.2, 0) is 0 Å². The van der Waals surface area contributed by atoms with Gasteiger partial charge in [-0.15, -0.1) is 0 Å². The molecule has 2 aromatic rings. The maximum absolute atomic E-state index is 11.3. The van der Waals surface area contributed by atoms with Crippen molar-refractivity contribution in [2.45, 2.75) is 20.0 Å². The Balaban J connectivity index is 1.80. The van der Waals surface area contributed by atoms with Gasteiger partial charge in [-0.1, -0.05) is 29.8 Å². The highest BCUT2D eigenvalue weighted by molar-refractivity contribution is 5.94. The fraction of sp³-hybridized carbons (Fsp3) is 0.278. The molecule has 0 saturated heterocycles. The zero-order valence-corrected chi connectivity index (χ0v) is 12.8. The van der Waals surface area contributed by atoms with Gasteiger partial charge in [-0.25, -0.2) is 0 Å². The molecule has 0 aliphatic carbocycles. The van der Waals surface area contributed by atoms with Gasteiger partial charge < -0.3 is 14.6 Å². The molecule has 1 N–H and O–H groups in total. The summed E-state index contributed by atoms with van der Waals surface area (Å²) in [5, 5.41) is 9.89. The van der Waals surface area contributed by atoms with E-state index < -0.39 is 6.10 Å². The molecule has 22 heavy (non-hydrogen) atoms. The van der Waals surface area contributed by atoms with Gasteiger partial charge in [0.1, 0.15) is 30.8 Å². The Hall–Kier alpha value is -2.33. The summed E-state index contributed by atoms with van der Waals surface area (Å²) in [5.74, 6) is 1.25. The number of aliphatic hydroxyl groups excluding tert-OH is 1. The lowest BCUT2D eigenvalue weighted by molar-refractivity contribution is 0.0626. The molecule has 0 radical (unpaired) electrons. The lowest BCUT2D eigenvalue weighted by Crippen LogP contribution is -2.25. The van der Waals surface area contributed by atoms with E-state index in [0.29, 0.717) is 17.1 Å². The zero-order valence-electron chi connectivity index (χ0n) is 12.8. The number of ketones is 1. The molecule has 1 atom stereocenters. The molecule has 0 fully saturated rings. The third-order valence-electron chi connectivity index (χ3n) is 3.15. The van der Waals surface area contributed by atoms with Gasteiger partial charge in [-0.2, -0.15) is 0 Å². The Morgan fingerprint density at radius 3 is 2.32 bits per heavy atom. The number of aliphatic hydroxyl groups is 1. The minimum atomic E-state index is -0.748. The number of hydrogen-bond donors (Lipinski definition) is 1. The smallest absolute Gasteiger partial charge is 0.159 e. The molecule has 0 heterocycles. The maximum Gasteiger partial charge on any atom is 0.159 e. The van der Waals surface area contributed by atoms with Crippen LogP contribution in [-0.4, -0.2) is 30.2 Å². The van der Waals surface area contributed by atoms with Crippen LogP contribution in [0.4, 0.5) is 0 Å². The average molecular weight is 300 g/mol. The van der Waals surface area contributed by atoms with Gasteiger partial charge in [-0.3, -0.25) is 4.79 Å². The van der Waals surface area contributed by atoms with Crippen LogP contribution in [0.5, 0.6) is 11.5 Å². The van der Waals surface area contributed by atoms with E-state index in [-0.39, 0.29) is 19.0 Å². The lowest BCUT2D eigenvalue weighted by atomic mass is 10.1. The van der Waals surface area contributed by atoms with Crippen molar-refractivity contribution in [3.63, 3.8) is 0 Å². The highest BCUT2D eigenvalue weighted by Gasteiger charge is 2.08. The number of Topliss-reactive ketones (excluding diaryl/α,β-unsaturated/α-hetero) is 1. The molecule has 116 valence electrons. The van der Waals surface area contributed by atoms with E-state index in [1.807, 2.05) is 31.2 Å². The van der Waals surface area contributed by atoms with E-state index >= 15 is 0 Å². The maximum atomic E-state index is 11.3. The number of ether oxygens (including phenoxy) is 2. The minimum absolute atomic E-state index is 0.0197. The molecule has 1 unspecified atom stereocenters. The second-order valence-corrected chi connectivity index (χ2v) is 5.17. The Bertz CT molecular complexity index is 619. The molecule has 0 saturated carbocycles. The molecule has 2 aromatic carbocycles. The van der Waals surface area contributed by atoms with Crippen LogP contribution in [0.15, 0.2) is 48.5 Å². The number of carbonyl (C=O) groups is 1. The summed E-state index contributed by atoms with van der Waals surface area (Å²) in [5.41, 5.74) is 1.74. The summed E-state index contributed by atoms with van der Waals surface area (Å²) in [7, 11) is 0. The molecular formula is C18H20O4.